The first-order valence-corrected chi connectivity index (χ1v) is 6.55. The van der Waals surface area contributed by atoms with Gasteiger partial charge in [0, 0.05) is 17.5 Å². The Kier molecular flexibility index (Phi) is 5.34. The molecule has 3 nitrogen and oxygen atoms in total. The van der Waals surface area contributed by atoms with Gasteiger partial charge in [-0.1, -0.05) is 6.92 Å². The molecule has 1 amide bonds. The van der Waals surface area contributed by atoms with Crippen LogP contribution in [-0.4, -0.2) is 22.9 Å². The molecule has 2 N–H and O–H groups in total. The number of nitrogens with one attached hydrogen (secondary N) is 1. The molecular weight excluding hydrogens is 340 g/mol. The summed E-state index contributed by atoms with van der Waals surface area (Å²) in [6, 6.07) is 4.80. The lowest BCUT2D eigenvalue weighted by atomic mass is 10.2. The first kappa shape index (κ1) is 13.6. The number of benzene rings is 1. The number of phenols is 1. The molecular formula is C11H13ClINO2. The molecule has 0 spiro atoms. The van der Waals surface area contributed by atoms with Crippen LogP contribution in [0.2, 0.25) is 0 Å². The summed E-state index contributed by atoms with van der Waals surface area (Å²) in [6.07, 6.45) is 0.783. The van der Waals surface area contributed by atoms with E-state index in [2.05, 4.69) is 5.32 Å². The monoisotopic (exact) mass is 353 g/mol. The van der Waals surface area contributed by atoms with Crippen molar-refractivity contribution in [3.05, 3.63) is 27.3 Å². The second kappa shape index (κ2) is 6.30. The van der Waals surface area contributed by atoms with Gasteiger partial charge in [-0.25, -0.2) is 0 Å². The van der Waals surface area contributed by atoms with Crippen LogP contribution in [0, 0.1) is 3.57 Å². The molecule has 0 radical (unpaired) electrons. The molecule has 1 unspecified atom stereocenters. The number of amides is 1. The third kappa shape index (κ3) is 3.52. The topological polar surface area (TPSA) is 49.3 Å². The summed E-state index contributed by atoms with van der Waals surface area (Å²) in [7, 11) is 0. The van der Waals surface area contributed by atoms with Crippen molar-refractivity contribution in [3.63, 3.8) is 0 Å². The van der Waals surface area contributed by atoms with Crippen molar-refractivity contribution >= 4 is 40.1 Å². The fourth-order valence-electron chi connectivity index (χ4n) is 1.17. The fourth-order valence-corrected chi connectivity index (χ4v) is 1.80. The van der Waals surface area contributed by atoms with Crippen LogP contribution < -0.4 is 5.32 Å². The number of hydrogen-bond donors (Lipinski definition) is 2. The van der Waals surface area contributed by atoms with Crippen LogP contribution in [0.25, 0.3) is 0 Å². The Morgan fingerprint density at radius 3 is 2.81 bits per heavy atom. The van der Waals surface area contributed by atoms with E-state index in [0.29, 0.717) is 11.4 Å². The average molecular weight is 354 g/mol. The van der Waals surface area contributed by atoms with E-state index >= 15 is 0 Å². The Morgan fingerprint density at radius 1 is 1.62 bits per heavy atom. The quantitative estimate of drug-likeness (QED) is 0.646. The van der Waals surface area contributed by atoms with Crippen molar-refractivity contribution in [2.45, 2.75) is 19.4 Å². The van der Waals surface area contributed by atoms with Crippen LogP contribution in [0.3, 0.4) is 0 Å². The molecule has 0 saturated carbocycles. The zero-order valence-electron chi connectivity index (χ0n) is 8.84. The highest BCUT2D eigenvalue weighted by Gasteiger charge is 2.12. The molecule has 0 aliphatic rings. The predicted octanol–water partition coefficient (Wildman–Crippen LogP) is 2.74. The molecule has 16 heavy (non-hydrogen) atoms. The van der Waals surface area contributed by atoms with E-state index in [4.69, 9.17) is 11.6 Å². The lowest BCUT2D eigenvalue weighted by Gasteiger charge is -2.13. The molecule has 1 aromatic rings. The Hall–Kier alpha value is -0.490. The second-order valence-electron chi connectivity index (χ2n) is 3.40. The van der Waals surface area contributed by atoms with Crippen molar-refractivity contribution in [1.29, 1.82) is 0 Å². The Labute approximate surface area is 113 Å². The third-order valence-corrected chi connectivity index (χ3v) is 3.51. The lowest BCUT2D eigenvalue weighted by Crippen LogP contribution is -2.35. The van der Waals surface area contributed by atoms with E-state index in [1.807, 2.05) is 29.5 Å². The molecule has 0 heterocycles. The fraction of sp³-hybridized carbons (Fsp3) is 0.364. The number of rotatable bonds is 4. The number of carbonyl (C=O) groups excluding carboxylic acids is 1. The first-order chi connectivity index (χ1) is 7.58. The molecule has 0 bridgehead atoms. The summed E-state index contributed by atoms with van der Waals surface area (Å²) in [5.41, 5.74) is 0.446. The SMILES string of the molecule is CCC(CCl)NC(=O)c1ccc(I)c(O)c1. The molecule has 1 atom stereocenters. The molecule has 88 valence electrons. The number of carbonyl (C=O) groups is 1. The molecule has 0 aromatic heterocycles. The van der Waals surface area contributed by atoms with Gasteiger partial charge in [0.2, 0.25) is 0 Å². The maximum absolute atomic E-state index is 11.8. The minimum absolute atomic E-state index is 0.0319. The van der Waals surface area contributed by atoms with Gasteiger partial charge in [-0.15, -0.1) is 11.6 Å². The zero-order valence-corrected chi connectivity index (χ0v) is 11.7. The highest BCUT2D eigenvalue weighted by atomic mass is 127. The zero-order chi connectivity index (χ0) is 12.1. The van der Waals surface area contributed by atoms with Crippen LogP contribution in [0.4, 0.5) is 0 Å². The highest BCUT2D eigenvalue weighted by Crippen LogP contribution is 2.20. The summed E-state index contributed by atoms with van der Waals surface area (Å²) in [5, 5.41) is 12.3. The summed E-state index contributed by atoms with van der Waals surface area (Å²) in [4.78, 5) is 11.8. The maximum Gasteiger partial charge on any atom is 0.251 e. The normalized spacial score (nSPS) is 12.2. The van der Waals surface area contributed by atoms with Crippen molar-refractivity contribution in [2.24, 2.45) is 0 Å². The minimum Gasteiger partial charge on any atom is -0.507 e. The molecule has 1 aromatic carbocycles. The highest BCUT2D eigenvalue weighted by molar-refractivity contribution is 14.1. The van der Waals surface area contributed by atoms with Crippen molar-refractivity contribution in [1.82, 2.24) is 5.32 Å². The van der Waals surface area contributed by atoms with E-state index in [9.17, 15) is 9.90 Å². The first-order valence-electron chi connectivity index (χ1n) is 4.93. The van der Waals surface area contributed by atoms with Gasteiger partial charge in [-0.2, -0.15) is 0 Å². The largest absolute Gasteiger partial charge is 0.507 e. The average Bonchev–Trinajstić information content (AvgIpc) is 2.29. The third-order valence-electron chi connectivity index (χ3n) is 2.22. The molecule has 0 aliphatic carbocycles. The molecule has 0 saturated heterocycles. The Balaban J connectivity index is 2.76. The standard InChI is InChI=1S/C11H13ClINO2/c1-2-8(6-12)14-11(16)7-3-4-9(13)10(15)5-7/h3-5,8,15H,2,6H2,1H3,(H,14,16). The Bertz CT molecular complexity index is 380. The lowest BCUT2D eigenvalue weighted by molar-refractivity contribution is 0.0939. The smallest absolute Gasteiger partial charge is 0.251 e. The van der Waals surface area contributed by atoms with Gasteiger partial charge in [0.25, 0.3) is 5.91 Å². The Morgan fingerprint density at radius 2 is 2.31 bits per heavy atom. The molecule has 0 aliphatic heterocycles. The van der Waals surface area contributed by atoms with Crippen molar-refractivity contribution in [3.8, 4) is 5.75 Å². The van der Waals surface area contributed by atoms with Crippen LogP contribution in [0.1, 0.15) is 23.7 Å². The van der Waals surface area contributed by atoms with Crippen molar-refractivity contribution in [2.75, 3.05) is 5.88 Å². The van der Waals surface area contributed by atoms with Gasteiger partial charge in [-0.05, 0) is 47.2 Å². The molecule has 5 heteroatoms. The maximum atomic E-state index is 11.8. The number of hydrogen-bond acceptors (Lipinski definition) is 2. The van der Waals surface area contributed by atoms with Gasteiger partial charge in [0.05, 0.1) is 3.57 Å². The van der Waals surface area contributed by atoms with E-state index in [1.54, 1.807) is 12.1 Å². The summed E-state index contributed by atoms with van der Waals surface area (Å²) in [5.74, 6) is 0.296. The van der Waals surface area contributed by atoms with Crippen molar-refractivity contribution < 1.29 is 9.90 Å². The number of alkyl halides is 1. The van der Waals surface area contributed by atoms with Crippen LogP contribution in [0.5, 0.6) is 5.75 Å². The summed E-state index contributed by atoms with van der Waals surface area (Å²) in [6.45, 7) is 1.96. The number of aromatic hydroxyl groups is 1. The van der Waals surface area contributed by atoms with Gasteiger partial charge in [0.15, 0.2) is 0 Å². The van der Waals surface area contributed by atoms with Gasteiger partial charge in [-0.3, -0.25) is 4.79 Å². The van der Waals surface area contributed by atoms with Gasteiger partial charge < -0.3 is 10.4 Å². The molecule has 1 rings (SSSR count). The van der Waals surface area contributed by atoms with E-state index < -0.39 is 0 Å². The number of halogens is 2. The van der Waals surface area contributed by atoms with Gasteiger partial charge >= 0.3 is 0 Å². The van der Waals surface area contributed by atoms with E-state index in [0.717, 1.165) is 9.99 Å². The summed E-state index contributed by atoms with van der Waals surface area (Å²) >= 11 is 7.69. The van der Waals surface area contributed by atoms with E-state index in [1.165, 1.54) is 6.07 Å². The second-order valence-corrected chi connectivity index (χ2v) is 4.87. The summed E-state index contributed by atoms with van der Waals surface area (Å²) < 4.78 is 0.721. The van der Waals surface area contributed by atoms with Crippen LogP contribution in [-0.2, 0) is 0 Å². The van der Waals surface area contributed by atoms with E-state index in [-0.39, 0.29) is 17.7 Å². The van der Waals surface area contributed by atoms with Crippen LogP contribution >= 0.6 is 34.2 Å². The minimum atomic E-state index is -0.209. The number of phenolic OH excluding ortho intramolecular Hbond substituents is 1. The predicted molar refractivity (Wildman–Crippen MR) is 73.1 cm³/mol. The van der Waals surface area contributed by atoms with Gasteiger partial charge in [0.1, 0.15) is 5.75 Å². The molecule has 0 fully saturated rings. The van der Waals surface area contributed by atoms with Crippen LogP contribution in [0.15, 0.2) is 18.2 Å².